The number of sulfonamides is 1. The number of hydrogen-bond donors (Lipinski definition) is 1. The summed E-state index contributed by atoms with van der Waals surface area (Å²) in [5.41, 5.74) is 2.74. The number of hydrogen-bond acceptors (Lipinski definition) is 5. The molecule has 1 fully saturated rings. The summed E-state index contributed by atoms with van der Waals surface area (Å²) in [6, 6.07) is 0.290. The van der Waals surface area contributed by atoms with Crippen molar-refractivity contribution < 1.29 is 22.7 Å². The molecule has 2 rings (SSSR count). The molecule has 1 atom stereocenters. The molecule has 2 aliphatic rings. The molecule has 32 heavy (non-hydrogen) atoms. The first-order chi connectivity index (χ1) is 14.5. The molecule has 1 N–H and O–H groups in total. The quantitative estimate of drug-likeness (QED) is 0.240. The van der Waals surface area contributed by atoms with Crippen LogP contribution in [0.4, 0.5) is 4.79 Å². The van der Waals surface area contributed by atoms with Crippen LogP contribution in [0.5, 0.6) is 0 Å². The number of nitrogens with one attached hydrogen (secondary N) is 1. The van der Waals surface area contributed by atoms with Gasteiger partial charge in [-0.15, -0.1) is 5.54 Å². The van der Waals surface area contributed by atoms with Gasteiger partial charge in [0.2, 0.25) is 10.0 Å². The Morgan fingerprint density at radius 1 is 1.19 bits per heavy atom. The minimum atomic E-state index is -3.76. The first-order valence-electron chi connectivity index (χ1n) is 10.9. The summed E-state index contributed by atoms with van der Waals surface area (Å²) in [5, 5.41) is 2.56. The Morgan fingerprint density at radius 2 is 1.84 bits per heavy atom. The number of amides is 3. The van der Waals surface area contributed by atoms with Gasteiger partial charge in [-0.05, 0) is 19.4 Å². The molecule has 0 radical (unpaired) electrons. The van der Waals surface area contributed by atoms with Gasteiger partial charge in [0, 0.05) is 33.3 Å². The van der Waals surface area contributed by atoms with Crippen molar-refractivity contribution >= 4 is 38.1 Å². The SMILES string of the molecule is CC1(CS(=O)(=O)N2CC=C(C#C[Si](C)(C)C)CC2)NC(=O)N(COCC[Si](C)(C)C)C1=O. The molecule has 0 aromatic heterocycles. The molecular weight excluding hydrogens is 462 g/mol. The van der Waals surface area contributed by atoms with Crippen LogP contribution in [0.1, 0.15) is 13.3 Å². The number of carbonyl (C=O) groups excluding carboxylic acids is 2. The van der Waals surface area contributed by atoms with E-state index in [2.05, 4.69) is 56.1 Å². The predicted octanol–water partition coefficient (Wildman–Crippen LogP) is 2.45. The van der Waals surface area contributed by atoms with Crippen molar-refractivity contribution in [3.05, 3.63) is 11.6 Å². The topological polar surface area (TPSA) is 96.0 Å². The van der Waals surface area contributed by atoms with Gasteiger partial charge in [-0.3, -0.25) is 4.79 Å². The van der Waals surface area contributed by atoms with Crippen LogP contribution in [0.3, 0.4) is 0 Å². The first kappa shape index (κ1) is 26.8. The Hall–Kier alpha value is -1.46. The third-order valence-electron chi connectivity index (χ3n) is 5.20. The molecule has 0 bridgehead atoms. The smallest absolute Gasteiger partial charge is 0.326 e. The highest BCUT2D eigenvalue weighted by atomic mass is 32.2. The van der Waals surface area contributed by atoms with Crippen LogP contribution in [0, 0.1) is 11.5 Å². The van der Waals surface area contributed by atoms with Crippen molar-refractivity contribution in [2.75, 3.05) is 32.2 Å². The van der Waals surface area contributed by atoms with Gasteiger partial charge in [0.1, 0.15) is 20.3 Å². The normalized spacial score (nSPS) is 23.0. The van der Waals surface area contributed by atoms with Crippen LogP contribution in [0.15, 0.2) is 11.6 Å². The zero-order valence-electron chi connectivity index (χ0n) is 20.4. The van der Waals surface area contributed by atoms with Crippen molar-refractivity contribution in [2.24, 2.45) is 0 Å². The molecule has 0 aromatic carbocycles. The molecule has 2 heterocycles. The molecule has 0 aliphatic carbocycles. The number of imide groups is 1. The van der Waals surface area contributed by atoms with Gasteiger partial charge >= 0.3 is 6.03 Å². The molecule has 0 saturated carbocycles. The average Bonchev–Trinajstić information content (AvgIpc) is 2.84. The van der Waals surface area contributed by atoms with Gasteiger partial charge in [0.15, 0.2) is 0 Å². The van der Waals surface area contributed by atoms with Gasteiger partial charge < -0.3 is 10.1 Å². The second kappa shape index (κ2) is 9.81. The Morgan fingerprint density at radius 3 is 2.38 bits per heavy atom. The van der Waals surface area contributed by atoms with Crippen LogP contribution in [-0.4, -0.2) is 83.4 Å². The van der Waals surface area contributed by atoms with Gasteiger partial charge in [-0.25, -0.2) is 18.1 Å². The first-order valence-corrected chi connectivity index (χ1v) is 19.8. The van der Waals surface area contributed by atoms with Crippen molar-refractivity contribution in [1.29, 1.82) is 0 Å². The Balaban J connectivity index is 2.00. The highest BCUT2D eigenvalue weighted by Crippen LogP contribution is 2.23. The molecule has 1 saturated heterocycles. The summed E-state index contributed by atoms with van der Waals surface area (Å²) in [7, 11) is -6.55. The van der Waals surface area contributed by atoms with Crippen LogP contribution in [0.2, 0.25) is 45.3 Å². The standard InChI is InChI=1S/C21H37N3O5SSi2/c1-21(19(25)24(20(26)22-21)17-29-13-15-32(5,6)7)16-30(27,28)23-11-8-18(9-12-23)10-14-31(2,3)4/h8H,9,11-13,15-17H2,1-7H3,(H,22,26). The van der Waals surface area contributed by atoms with Gasteiger partial charge in [0.05, 0.1) is 5.75 Å². The largest absolute Gasteiger partial charge is 0.361 e. The van der Waals surface area contributed by atoms with E-state index >= 15 is 0 Å². The molecule has 0 spiro atoms. The number of carbonyl (C=O) groups is 2. The van der Waals surface area contributed by atoms with Crippen LogP contribution in [0.25, 0.3) is 0 Å². The fourth-order valence-electron chi connectivity index (χ4n) is 3.24. The van der Waals surface area contributed by atoms with E-state index in [-0.39, 0.29) is 13.3 Å². The second-order valence-corrected chi connectivity index (χ2v) is 23.3. The number of rotatable bonds is 8. The van der Waals surface area contributed by atoms with Gasteiger partial charge in [0.25, 0.3) is 5.91 Å². The third-order valence-corrected chi connectivity index (χ3v) is 9.84. The van der Waals surface area contributed by atoms with E-state index in [4.69, 9.17) is 4.74 Å². The van der Waals surface area contributed by atoms with Crippen molar-refractivity contribution in [3.63, 3.8) is 0 Å². The zero-order valence-corrected chi connectivity index (χ0v) is 23.2. The molecular formula is C21H37N3O5SSi2. The van der Waals surface area contributed by atoms with Crippen molar-refractivity contribution in [2.45, 2.75) is 64.2 Å². The minimum absolute atomic E-state index is 0.170. The van der Waals surface area contributed by atoms with E-state index in [1.807, 2.05) is 6.08 Å². The molecule has 1 unspecified atom stereocenters. The lowest BCUT2D eigenvalue weighted by Crippen LogP contribution is -2.53. The Labute approximate surface area is 194 Å². The van der Waals surface area contributed by atoms with Crippen molar-refractivity contribution in [1.82, 2.24) is 14.5 Å². The Bertz CT molecular complexity index is 941. The lowest BCUT2D eigenvalue weighted by Gasteiger charge is -2.29. The fourth-order valence-corrected chi connectivity index (χ4v) is 6.31. The highest BCUT2D eigenvalue weighted by Gasteiger charge is 2.51. The molecule has 8 nitrogen and oxygen atoms in total. The third kappa shape index (κ3) is 7.55. The van der Waals surface area contributed by atoms with Crippen molar-refractivity contribution in [3.8, 4) is 11.5 Å². The number of ether oxygens (including phenoxy) is 1. The summed E-state index contributed by atoms with van der Waals surface area (Å²) < 4.78 is 32.9. The van der Waals surface area contributed by atoms with E-state index in [0.717, 1.165) is 16.5 Å². The van der Waals surface area contributed by atoms with E-state index in [9.17, 15) is 18.0 Å². The summed E-state index contributed by atoms with van der Waals surface area (Å²) in [6.07, 6.45) is 2.38. The minimum Gasteiger partial charge on any atom is -0.361 e. The maximum Gasteiger partial charge on any atom is 0.326 e. The monoisotopic (exact) mass is 499 g/mol. The van der Waals surface area contributed by atoms with E-state index in [1.165, 1.54) is 11.2 Å². The summed E-state index contributed by atoms with van der Waals surface area (Å²) in [5.74, 6) is 2.13. The predicted molar refractivity (Wildman–Crippen MR) is 132 cm³/mol. The lowest BCUT2D eigenvalue weighted by molar-refractivity contribution is -0.133. The summed E-state index contributed by atoms with van der Waals surface area (Å²) in [4.78, 5) is 26.2. The van der Waals surface area contributed by atoms with E-state index in [0.29, 0.717) is 19.6 Å². The van der Waals surface area contributed by atoms with Gasteiger partial charge in [-0.1, -0.05) is 51.3 Å². The highest BCUT2D eigenvalue weighted by molar-refractivity contribution is 7.89. The summed E-state index contributed by atoms with van der Waals surface area (Å²) >= 11 is 0. The second-order valence-electron chi connectivity index (χ2n) is 10.9. The summed E-state index contributed by atoms with van der Waals surface area (Å²) in [6.45, 7) is 15.4. The number of nitrogens with zero attached hydrogens (tertiary/aromatic N) is 2. The fraction of sp³-hybridized carbons (Fsp3) is 0.714. The maximum absolute atomic E-state index is 13.0. The molecule has 2 aliphatic heterocycles. The maximum atomic E-state index is 13.0. The zero-order chi connectivity index (χ0) is 24.4. The van der Waals surface area contributed by atoms with Crippen LogP contribution >= 0.6 is 0 Å². The molecule has 0 aromatic rings. The van der Waals surface area contributed by atoms with Crippen LogP contribution in [-0.2, 0) is 19.6 Å². The van der Waals surface area contributed by atoms with E-state index in [1.54, 1.807) is 0 Å². The molecule has 11 heteroatoms. The molecule has 180 valence electrons. The lowest BCUT2D eigenvalue weighted by atomic mass is 10.1. The average molecular weight is 500 g/mol. The number of urea groups is 1. The van der Waals surface area contributed by atoms with Crippen LogP contribution < -0.4 is 5.32 Å². The van der Waals surface area contributed by atoms with E-state index < -0.39 is 49.4 Å². The van der Waals surface area contributed by atoms with Gasteiger partial charge in [-0.2, -0.15) is 4.31 Å². The Kier molecular flexibility index (Phi) is 8.21. The molecule has 3 amide bonds.